The Labute approximate surface area is 135 Å². The fourth-order valence-electron chi connectivity index (χ4n) is 2.53. The second-order valence-electron chi connectivity index (χ2n) is 5.45. The maximum atomic E-state index is 12.0. The fraction of sp³-hybridized carbons (Fsp3) is 0.438. The molecule has 0 aromatic heterocycles. The molecule has 1 fully saturated rings. The van der Waals surface area contributed by atoms with Crippen molar-refractivity contribution >= 4 is 17.7 Å². The normalized spacial score (nSPS) is 15.3. The average molecular weight is 318 g/mol. The average Bonchev–Trinajstić information content (AvgIpc) is 2.97. The number of nitrogens with one attached hydrogen (secondary N) is 2. The van der Waals surface area contributed by atoms with Gasteiger partial charge in [0.25, 0.3) is 0 Å². The highest BCUT2D eigenvalue weighted by molar-refractivity contribution is 5.85. The molecule has 0 saturated carbocycles. The van der Waals surface area contributed by atoms with Gasteiger partial charge in [-0.25, -0.2) is 0 Å². The molecular formula is C16H22N4O3. The first-order valence-electron chi connectivity index (χ1n) is 7.69. The summed E-state index contributed by atoms with van der Waals surface area (Å²) in [6, 6.07) is 9.17. The van der Waals surface area contributed by atoms with Crippen molar-refractivity contribution in [2.75, 3.05) is 26.2 Å². The van der Waals surface area contributed by atoms with Gasteiger partial charge in [-0.15, -0.1) is 0 Å². The molecule has 124 valence electrons. The number of nitrogens with zero attached hydrogens (tertiary/aromatic N) is 1. The van der Waals surface area contributed by atoms with Gasteiger partial charge < -0.3 is 21.3 Å². The molecule has 2 rings (SSSR count). The van der Waals surface area contributed by atoms with Crippen LogP contribution in [0.3, 0.4) is 0 Å². The van der Waals surface area contributed by atoms with Crippen LogP contribution in [-0.2, 0) is 14.4 Å². The lowest BCUT2D eigenvalue weighted by atomic mass is 10.1. The number of amides is 3. The molecule has 1 aromatic carbocycles. The van der Waals surface area contributed by atoms with Gasteiger partial charge in [0.2, 0.25) is 17.7 Å². The minimum atomic E-state index is -0.383. The lowest BCUT2D eigenvalue weighted by Crippen LogP contribution is -2.43. The summed E-state index contributed by atoms with van der Waals surface area (Å²) < 4.78 is 0. The first-order valence-corrected chi connectivity index (χ1v) is 7.69. The zero-order chi connectivity index (χ0) is 16.7. The number of nitrogens with two attached hydrogens (primary N) is 1. The Kier molecular flexibility index (Phi) is 6.10. The van der Waals surface area contributed by atoms with Crippen LogP contribution >= 0.6 is 0 Å². The zero-order valence-corrected chi connectivity index (χ0v) is 13.0. The van der Waals surface area contributed by atoms with Crippen molar-refractivity contribution in [3.8, 4) is 0 Å². The third-order valence-corrected chi connectivity index (χ3v) is 3.74. The number of likely N-dealkylation sites (tertiary alicyclic amines) is 1. The van der Waals surface area contributed by atoms with Gasteiger partial charge in [0.15, 0.2) is 0 Å². The number of rotatable bonds is 7. The Morgan fingerprint density at radius 2 is 1.96 bits per heavy atom. The van der Waals surface area contributed by atoms with Crippen LogP contribution in [0.25, 0.3) is 0 Å². The summed E-state index contributed by atoms with van der Waals surface area (Å²) in [5.74, 6) is -0.588. The van der Waals surface area contributed by atoms with Crippen LogP contribution in [0.15, 0.2) is 30.3 Å². The zero-order valence-electron chi connectivity index (χ0n) is 13.0. The van der Waals surface area contributed by atoms with Crippen LogP contribution in [-0.4, -0.2) is 48.8 Å². The van der Waals surface area contributed by atoms with Gasteiger partial charge in [0.05, 0.1) is 19.1 Å². The molecule has 0 radical (unpaired) electrons. The molecule has 1 atom stereocenters. The Bertz CT molecular complexity index is 562. The number of carbonyl (C=O) groups excluding carboxylic acids is 3. The van der Waals surface area contributed by atoms with Crippen molar-refractivity contribution in [3.63, 3.8) is 0 Å². The van der Waals surface area contributed by atoms with Crippen LogP contribution in [0.4, 0.5) is 0 Å². The van der Waals surface area contributed by atoms with Crippen LogP contribution < -0.4 is 16.4 Å². The van der Waals surface area contributed by atoms with Gasteiger partial charge in [-0.1, -0.05) is 30.3 Å². The second-order valence-corrected chi connectivity index (χ2v) is 5.45. The summed E-state index contributed by atoms with van der Waals surface area (Å²) in [5.41, 5.74) is 6.11. The van der Waals surface area contributed by atoms with Gasteiger partial charge in [-0.3, -0.25) is 14.4 Å². The molecule has 1 unspecified atom stereocenters. The highest BCUT2D eigenvalue weighted by Crippen LogP contribution is 2.18. The SMILES string of the molecule is NCC(=O)NCC(=O)NC(CN1CCCC1=O)c1ccccc1. The first-order chi connectivity index (χ1) is 11.1. The van der Waals surface area contributed by atoms with Gasteiger partial charge in [0, 0.05) is 19.5 Å². The highest BCUT2D eigenvalue weighted by atomic mass is 16.2. The van der Waals surface area contributed by atoms with E-state index in [4.69, 9.17) is 5.73 Å². The Morgan fingerprint density at radius 3 is 2.57 bits per heavy atom. The minimum absolute atomic E-state index is 0.108. The van der Waals surface area contributed by atoms with Gasteiger partial charge in [0.1, 0.15) is 0 Å². The van der Waals surface area contributed by atoms with Crippen LogP contribution in [0.1, 0.15) is 24.4 Å². The third kappa shape index (κ3) is 5.07. The van der Waals surface area contributed by atoms with E-state index in [1.807, 2.05) is 30.3 Å². The highest BCUT2D eigenvalue weighted by Gasteiger charge is 2.25. The molecule has 0 aliphatic carbocycles. The van der Waals surface area contributed by atoms with Crippen LogP contribution in [0, 0.1) is 0 Å². The van der Waals surface area contributed by atoms with E-state index < -0.39 is 0 Å². The number of carbonyl (C=O) groups is 3. The Morgan fingerprint density at radius 1 is 1.22 bits per heavy atom. The summed E-state index contributed by atoms with van der Waals surface area (Å²) in [6.07, 6.45) is 1.41. The second kappa shape index (κ2) is 8.28. The molecule has 23 heavy (non-hydrogen) atoms. The minimum Gasteiger partial charge on any atom is -0.346 e. The molecule has 1 saturated heterocycles. The Hall–Kier alpha value is -2.41. The summed E-state index contributed by atoms with van der Waals surface area (Å²) in [5, 5.41) is 5.31. The van der Waals surface area contributed by atoms with Crippen molar-refractivity contribution in [2.45, 2.75) is 18.9 Å². The van der Waals surface area contributed by atoms with E-state index in [0.717, 1.165) is 12.0 Å². The Balaban J connectivity index is 2.00. The lowest BCUT2D eigenvalue weighted by Gasteiger charge is -2.25. The molecule has 1 aromatic rings. The van der Waals surface area contributed by atoms with Crippen molar-refractivity contribution in [1.82, 2.24) is 15.5 Å². The first kappa shape index (κ1) is 17.0. The van der Waals surface area contributed by atoms with Crippen molar-refractivity contribution in [2.24, 2.45) is 5.73 Å². The smallest absolute Gasteiger partial charge is 0.239 e. The molecule has 7 heteroatoms. The van der Waals surface area contributed by atoms with E-state index in [1.165, 1.54) is 0 Å². The predicted octanol–water partition coefficient (Wildman–Crippen LogP) is -0.459. The summed E-state index contributed by atoms with van der Waals surface area (Å²) in [6.45, 7) is 0.854. The standard InChI is InChI=1S/C16H22N4O3/c17-9-14(21)18-10-15(22)19-13(12-5-2-1-3-6-12)11-20-8-4-7-16(20)23/h1-3,5-6,13H,4,7-11,17H2,(H,18,21)(H,19,22). The molecule has 0 bridgehead atoms. The molecule has 3 amide bonds. The van der Waals surface area contributed by atoms with E-state index in [-0.39, 0.29) is 36.9 Å². The monoisotopic (exact) mass is 318 g/mol. The summed E-state index contributed by atoms with van der Waals surface area (Å²) in [7, 11) is 0. The van der Waals surface area contributed by atoms with E-state index >= 15 is 0 Å². The van der Waals surface area contributed by atoms with E-state index in [9.17, 15) is 14.4 Å². The number of hydrogen-bond acceptors (Lipinski definition) is 4. The maximum Gasteiger partial charge on any atom is 0.239 e. The molecule has 1 heterocycles. The van der Waals surface area contributed by atoms with Crippen molar-refractivity contribution < 1.29 is 14.4 Å². The molecular weight excluding hydrogens is 296 g/mol. The summed E-state index contributed by atoms with van der Waals surface area (Å²) >= 11 is 0. The molecule has 1 aliphatic rings. The maximum absolute atomic E-state index is 12.0. The number of benzene rings is 1. The topological polar surface area (TPSA) is 105 Å². The molecule has 4 N–H and O–H groups in total. The van der Waals surface area contributed by atoms with E-state index in [0.29, 0.717) is 19.5 Å². The molecule has 1 aliphatic heterocycles. The predicted molar refractivity (Wildman–Crippen MR) is 85.2 cm³/mol. The van der Waals surface area contributed by atoms with Crippen LogP contribution in [0.2, 0.25) is 0 Å². The van der Waals surface area contributed by atoms with Crippen molar-refractivity contribution in [1.29, 1.82) is 0 Å². The van der Waals surface area contributed by atoms with Gasteiger partial charge in [-0.2, -0.15) is 0 Å². The molecule has 7 nitrogen and oxygen atoms in total. The van der Waals surface area contributed by atoms with Crippen LogP contribution in [0.5, 0.6) is 0 Å². The fourth-order valence-corrected chi connectivity index (χ4v) is 2.53. The van der Waals surface area contributed by atoms with Crippen molar-refractivity contribution in [3.05, 3.63) is 35.9 Å². The van der Waals surface area contributed by atoms with E-state index in [2.05, 4.69) is 10.6 Å². The largest absolute Gasteiger partial charge is 0.346 e. The quantitative estimate of drug-likeness (QED) is 0.633. The van der Waals surface area contributed by atoms with Gasteiger partial charge in [-0.05, 0) is 12.0 Å². The molecule has 0 spiro atoms. The number of hydrogen-bond donors (Lipinski definition) is 3. The third-order valence-electron chi connectivity index (χ3n) is 3.74. The summed E-state index contributed by atoms with van der Waals surface area (Å²) in [4.78, 5) is 36.7. The van der Waals surface area contributed by atoms with Gasteiger partial charge >= 0.3 is 0 Å². The lowest BCUT2D eigenvalue weighted by molar-refractivity contribution is -0.129. The van der Waals surface area contributed by atoms with E-state index in [1.54, 1.807) is 4.90 Å².